The highest BCUT2D eigenvalue weighted by Crippen LogP contribution is 2.29. The topological polar surface area (TPSA) is 124 Å². The first kappa shape index (κ1) is 23.5. The first-order chi connectivity index (χ1) is 16.3. The molecule has 2 aromatic carbocycles. The van der Waals surface area contributed by atoms with Gasteiger partial charge in [0.05, 0.1) is 13.1 Å². The van der Waals surface area contributed by atoms with E-state index < -0.39 is 18.4 Å². The third-order valence-corrected chi connectivity index (χ3v) is 6.11. The van der Waals surface area contributed by atoms with Crippen molar-refractivity contribution >= 4 is 40.3 Å². The Morgan fingerprint density at radius 1 is 1.12 bits per heavy atom. The molecule has 1 fully saturated rings. The number of carbonyl (C=O) groups excluding carboxylic acids is 2. The van der Waals surface area contributed by atoms with Gasteiger partial charge in [-0.15, -0.1) is 0 Å². The number of rotatable bonds is 8. The van der Waals surface area contributed by atoms with Crippen molar-refractivity contribution in [1.82, 2.24) is 14.8 Å². The highest BCUT2D eigenvalue weighted by molar-refractivity contribution is 6.30. The van der Waals surface area contributed by atoms with E-state index in [0.717, 1.165) is 37.8 Å². The Kier molecular flexibility index (Phi) is 6.71. The SMILES string of the molecule is Cc1oc2ccc(NC3N(N)C(=O)N(CCCN=O)C(=O)N3Cc3ccc(Cl)cc3)cc2c1C. The molecule has 0 radical (unpaired) electrons. The largest absolute Gasteiger partial charge is 0.461 e. The number of nitrogens with one attached hydrogen (secondary N) is 1. The standard InChI is InChI=1S/C23H25ClN6O4/c1-14-15(2)34-20-9-8-18(12-19(14)20)27-21-29(13-16-4-6-17(24)7-5-16)22(31)28(11-3-10-26-33)23(32)30(21)25/h4-9,12,21,27H,3,10-11,13,25H2,1-2H3. The van der Waals surface area contributed by atoms with Gasteiger partial charge in [-0.1, -0.05) is 28.9 Å². The Hall–Kier alpha value is -3.63. The molecule has 3 aromatic rings. The maximum atomic E-state index is 13.4. The van der Waals surface area contributed by atoms with Crippen molar-refractivity contribution in [3.8, 4) is 0 Å². The molecule has 1 aliphatic heterocycles. The van der Waals surface area contributed by atoms with Crippen molar-refractivity contribution in [2.24, 2.45) is 11.0 Å². The van der Waals surface area contributed by atoms with Crippen LogP contribution in [0.2, 0.25) is 5.02 Å². The van der Waals surface area contributed by atoms with Crippen molar-refractivity contribution in [3.05, 3.63) is 69.3 Å². The van der Waals surface area contributed by atoms with Crippen LogP contribution < -0.4 is 11.2 Å². The molecule has 3 N–H and O–H groups in total. The van der Waals surface area contributed by atoms with Crippen molar-refractivity contribution in [1.29, 1.82) is 0 Å². The summed E-state index contributed by atoms with van der Waals surface area (Å²) in [5.74, 6) is 7.02. The van der Waals surface area contributed by atoms with Crippen LogP contribution in [-0.4, -0.2) is 46.3 Å². The molecule has 4 amide bonds. The quantitative estimate of drug-likeness (QED) is 0.205. The average molecular weight is 485 g/mol. The van der Waals surface area contributed by atoms with E-state index in [1.807, 2.05) is 26.0 Å². The smallest absolute Gasteiger partial charge is 0.345 e. The fourth-order valence-electron chi connectivity index (χ4n) is 3.89. The molecular formula is C23H25ClN6O4. The first-order valence-electron chi connectivity index (χ1n) is 10.8. The normalized spacial score (nSPS) is 16.5. The Morgan fingerprint density at radius 2 is 1.85 bits per heavy atom. The highest BCUT2D eigenvalue weighted by atomic mass is 35.5. The fourth-order valence-corrected chi connectivity index (χ4v) is 4.02. The Bertz CT molecular complexity index is 1230. The van der Waals surface area contributed by atoms with E-state index in [1.165, 1.54) is 4.90 Å². The second-order valence-electron chi connectivity index (χ2n) is 8.10. The zero-order chi connectivity index (χ0) is 24.4. The lowest BCUT2D eigenvalue weighted by Crippen LogP contribution is -2.70. The minimum atomic E-state index is -0.957. The predicted octanol–water partition coefficient (Wildman–Crippen LogP) is 4.79. The van der Waals surface area contributed by atoms with Gasteiger partial charge >= 0.3 is 12.1 Å². The lowest BCUT2D eigenvalue weighted by atomic mass is 10.1. The third-order valence-electron chi connectivity index (χ3n) is 5.85. The molecule has 1 aliphatic rings. The summed E-state index contributed by atoms with van der Waals surface area (Å²) < 4.78 is 5.74. The lowest BCUT2D eigenvalue weighted by Gasteiger charge is -2.45. The zero-order valence-electron chi connectivity index (χ0n) is 18.8. The van der Waals surface area contributed by atoms with Gasteiger partial charge in [-0.05, 0) is 61.7 Å². The molecule has 178 valence electrons. The molecule has 0 aliphatic carbocycles. The van der Waals surface area contributed by atoms with Crippen molar-refractivity contribution in [2.75, 3.05) is 18.4 Å². The summed E-state index contributed by atoms with van der Waals surface area (Å²) in [5, 5.41) is 8.48. The summed E-state index contributed by atoms with van der Waals surface area (Å²) in [4.78, 5) is 39.3. The molecule has 34 heavy (non-hydrogen) atoms. The summed E-state index contributed by atoms with van der Waals surface area (Å²) in [6.45, 7) is 4.05. The number of hydrogen-bond acceptors (Lipinski definition) is 7. The van der Waals surface area contributed by atoms with E-state index in [-0.39, 0.29) is 26.1 Å². The van der Waals surface area contributed by atoms with Crippen LogP contribution in [0, 0.1) is 18.8 Å². The number of anilines is 1. The van der Waals surface area contributed by atoms with E-state index in [0.29, 0.717) is 10.7 Å². The van der Waals surface area contributed by atoms with Gasteiger partial charge in [-0.3, -0.25) is 4.90 Å². The third kappa shape index (κ3) is 4.55. The molecule has 11 heteroatoms. The average Bonchev–Trinajstić information content (AvgIpc) is 3.11. The van der Waals surface area contributed by atoms with Crippen LogP contribution in [-0.2, 0) is 6.54 Å². The van der Waals surface area contributed by atoms with Gasteiger partial charge in [0.1, 0.15) is 11.3 Å². The second-order valence-corrected chi connectivity index (χ2v) is 8.53. The van der Waals surface area contributed by atoms with E-state index in [4.69, 9.17) is 21.9 Å². The van der Waals surface area contributed by atoms with Gasteiger partial charge in [-0.2, -0.15) is 4.91 Å². The predicted molar refractivity (Wildman–Crippen MR) is 129 cm³/mol. The molecule has 0 spiro atoms. The van der Waals surface area contributed by atoms with Crippen LogP contribution >= 0.6 is 11.6 Å². The van der Waals surface area contributed by atoms with Gasteiger partial charge in [0, 0.05) is 22.6 Å². The molecule has 1 atom stereocenters. The van der Waals surface area contributed by atoms with Crippen molar-refractivity contribution in [3.63, 3.8) is 0 Å². The van der Waals surface area contributed by atoms with Crippen molar-refractivity contribution in [2.45, 2.75) is 33.1 Å². The number of urea groups is 2. The summed E-state index contributed by atoms with van der Waals surface area (Å²) in [7, 11) is 0. The summed E-state index contributed by atoms with van der Waals surface area (Å²) >= 11 is 6.00. The van der Waals surface area contributed by atoms with Gasteiger partial charge in [-0.25, -0.2) is 25.3 Å². The minimum Gasteiger partial charge on any atom is -0.461 e. The number of aryl methyl sites for hydroxylation is 2. The van der Waals surface area contributed by atoms with E-state index in [1.54, 1.807) is 30.3 Å². The van der Waals surface area contributed by atoms with E-state index in [9.17, 15) is 14.5 Å². The Balaban J connectivity index is 1.66. The lowest BCUT2D eigenvalue weighted by molar-refractivity contribution is 0.0376. The Labute approximate surface area is 201 Å². The maximum Gasteiger partial charge on any atom is 0.345 e. The van der Waals surface area contributed by atoms with E-state index >= 15 is 0 Å². The number of nitrogens with zero attached hydrogens (tertiary/aromatic N) is 4. The number of imide groups is 1. The van der Waals surface area contributed by atoms with Crippen LogP contribution in [0.3, 0.4) is 0 Å². The summed E-state index contributed by atoms with van der Waals surface area (Å²) in [5.41, 5.74) is 3.22. The number of carbonyl (C=O) groups is 2. The molecule has 0 bridgehead atoms. The molecule has 10 nitrogen and oxygen atoms in total. The molecule has 0 saturated carbocycles. The zero-order valence-corrected chi connectivity index (χ0v) is 19.6. The molecule has 1 saturated heterocycles. The number of nitroso groups, excluding NO2 is 1. The number of fused-ring (bicyclic) bond motifs is 1. The van der Waals surface area contributed by atoms with Crippen LogP contribution in [0.5, 0.6) is 0 Å². The highest BCUT2D eigenvalue weighted by Gasteiger charge is 2.43. The second kappa shape index (κ2) is 9.70. The summed E-state index contributed by atoms with van der Waals surface area (Å²) in [6, 6.07) is 11.4. The molecule has 1 unspecified atom stereocenters. The van der Waals surface area contributed by atoms with E-state index in [2.05, 4.69) is 10.5 Å². The summed E-state index contributed by atoms with van der Waals surface area (Å²) in [6.07, 6.45) is -0.709. The van der Waals surface area contributed by atoms with Crippen LogP contribution in [0.4, 0.5) is 15.3 Å². The van der Waals surface area contributed by atoms with Gasteiger partial charge in [0.25, 0.3) is 0 Å². The minimum absolute atomic E-state index is 0.00994. The number of amides is 4. The number of halogens is 1. The molecule has 1 aromatic heterocycles. The molecular weight excluding hydrogens is 460 g/mol. The number of hydrazine groups is 1. The fraction of sp³-hybridized carbons (Fsp3) is 0.304. The molecule has 4 rings (SSSR count). The van der Waals surface area contributed by atoms with Crippen LogP contribution in [0.1, 0.15) is 23.3 Å². The number of nitrogens with two attached hydrogens (primary N) is 1. The van der Waals surface area contributed by atoms with Crippen LogP contribution in [0.15, 0.2) is 52.1 Å². The van der Waals surface area contributed by atoms with Gasteiger partial charge in [0.15, 0.2) is 0 Å². The monoisotopic (exact) mass is 484 g/mol. The van der Waals surface area contributed by atoms with Gasteiger partial charge < -0.3 is 9.73 Å². The number of furan rings is 1. The Morgan fingerprint density at radius 3 is 2.56 bits per heavy atom. The maximum absolute atomic E-state index is 13.4. The van der Waals surface area contributed by atoms with Crippen molar-refractivity contribution < 1.29 is 14.0 Å². The molecule has 2 heterocycles. The van der Waals surface area contributed by atoms with Crippen LogP contribution in [0.25, 0.3) is 11.0 Å². The first-order valence-corrected chi connectivity index (χ1v) is 11.1. The number of benzene rings is 2. The van der Waals surface area contributed by atoms with Gasteiger partial charge in [0.2, 0.25) is 6.29 Å². The number of hydrogen-bond donors (Lipinski definition) is 2.